The Morgan fingerprint density at radius 1 is 1.55 bits per heavy atom. The molecule has 1 aromatic rings. The maximum absolute atomic E-state index is 12.3. The van der Waals surface area contributed by atoms with Gasteiger partial charge in [0.15, 0.2) is 0 Å². The molecule has 0 fully saturated rings. The van der Waals surface area contributed by atoms with Gasteiger partial charge in [-0.2, -0.15) is 4.39 Å². The molecule has 0 aliphatic rings. The summed E-state index contributed by atoms with van der Waals surface area (Å²) in [5.41, 5.74) is -0.00642. The maximum Gasteiger partial charge on any atom is 0.491 e. The summed E-state index contributed by atoms with van der Waals surface area (Å²) < 4.78 is 12.3. The van der Waals surface area contributed by atoms with E-state index in [1.807, 2.05) is 0 Å². The normalized spacial score (nSPS) is 9.82. The Balaban J connectivity index is 3.09. The minimum Gasteiger partial charge on any atom is -0.423 e. The molecule has 1 heterocycles. The summed E-state index contributed by atoms with van der Waals surface area (Å²) in [5, 5.41) is 17.2. The second-order valence-corrected chi connectivity index (χ2v) is 2.31. The lowest BCUT2D eigenvalue weighted by molar-refractivity contribution is 0.425. The van der Waals surface area contributed by atoms with Crippen molar-refractivity contribution in [2.45, 2.75) is 0 Å². The minimum atomic E-state index is -1.71. The SMILES string of the molecule is OB(O)c1cnc(F)cc1Cl. The van der Waals surface area contributed by atoms with Gasteiger partial charge < -0.3 is 10.0 Å². The molecule has 0 saturated carbocycles. The van der Waals surface area contributed by atoms with Crippen molar-refractivity contribution in [1.29, 1.82) is 0 Å². The van der Waals surface area contributed by atoms with Crippen molar-refractivity contribution in [2.75, 3.05) is 0 Å². The van der Waals surface area contributed by atoms with Crippen LogP contribution >= 0.6 is 11.6 Å². The molecule has 1 aromatic heterocycles. The van der Waals surface area contributed by atoms with Crippen LogP contribution in [0.25, 0.3) is 0 Å². The summed E-state index contributed by atoms with van der Waals surface area (Å²) in [6.45, 7) is 0. The molecule has 11 heavy (non-hydrogen) atoms. The lowest BCUT2D eigenvalue weighted by Gasteiger charge is -1.99. The molecule has 3 nitrogen and oxygen atoms in total. The molecule has 0 aliphatic carbocycles. The average molecular weight is 175 g/mol. The summed E-state index contributed by atoms with van der Waals surface area (Å²) in [7, 11) is -1.71. The number of pyridine rings is 1. The van der Waals surface area contributed by atoms with Crippen molar-refractivity contribution in [3.05, 3.63) is 23.2 Å². The molecule has 0 bridgehead atoms. The Morgan fingerprint density at radius 2 is 2.18 bits per heavy atom. The quantitative estimate of drug-likeness (QED) is 0.449. The zero-order valence-corrected chi connectivity index (χ0v) is 6.09. The number of nitrogens with zero attached hydrogens (tertiary/aromatic N) is 1. The summed E-state index contributed by atoms with van der Waals surface area (Å²) in [4.78, 5) is 3.19. The number of halogens is 2. The first-order valence-corrected chi connectivity index (χ1v) is 3.16. The van der Waals surface area contributed by atoms with Gasteiger partial charge in [0, 0.05) is 22.7 Å². The molecular formula is C5H4BClFNO2. The Labute approximate surface area is 67.6 Å². The standard InChI is InChI=1S/C5H4BClFNO2/c7-4-1-5(8)9-2-3(4)6(10)11/h1-2,10-11H. The molecule has 6 heteroatoms. The van der Waals surface area contributed by atoms with Gasteiger partial charge in [-0.25, -0.2) is 4.98 Å². The fraction of sp³-hybridized carbons (Fsp3) is 0. The molecule has 0 aromatic carbocycles. The first-order valence-electron chi connectivity index (χ1n) is 2.78. The van der Waals surface area contributed by atoms with Crippen molar-refractivity contribution < 1.29 is 14.4 Å². The van der Waals surface area contributed by atoms with Crippen LogP contribution in [0.15, 0.2) is 12.3 Å². The molecular weight excluding hydrogens is 171 g/mol. The second kappa shape index (κ2) is 3.17. The van der Waals surface area contributed by atoms with E-state index >= 15 is 0 Å². The van der Waals surface area contributed by atoms with Gasteiger partial charge in [0.2, 0.25) is 5.95 Å². The third-order valence-corrected chi connectivity index (χ3v) is 1.45. The largest absolute Gasteiger partial charge is 0.491 e. The van der Waals surface area contributed by atoms with Crippen LogP contribution in [0.2, 0.25) is 5.02 Å². The van der Waals surface area contributed by atoms with Crippen LogP contribution < -0.4 is 5.46 Å². The fourth-order valence-electron chi connectivity index (χ4n) is 0.608. The van der Waals surface area contributed by atoms with Crippen molar-refractivity contribution in [3.8, 4) is 0 Å². The third kappa shape index (κ3) is 1.89. The van der Waals surface area contributed by atoms with E-state index in [1.54, 1.807) is 0 Å². The van der Waals surface area contributed by atoms with Gasteiger partial charge in [-0.1, -0.05) is 11.6 Å². The van der Waals surface area contributed by atoms with Gasteiger partial charge in [-0.3, -0.25) is 0 Å². The third-order valence-electron chi connectivity index (χ3n) is 1.13. The highest BCUT2D eigenvalue weighted by Crippen LogP contribution is 2.04. The van der Waals surface area contributed by atoms with E-state index in [0.29, 0.717) is 0 Å². The maximum atomic E-state index is 12.3. The molecule has 0 aliphatic heterocycles. The Morgan fingerprint density at radius 3 is 2.64 bits per heavy atom. The van der Waals surface area contributed by atoms with E-state index in [4.69, 9.17) is 21.6 Å². The van der Waals surface area contributed by atoms with E-state index in [-0.39, 0.29) is 10.5 Å². The molecule has 2 N–H and O–H groups in total. The first kappa shape index (κ1) is 8.45. The van der Waals surface area contributed by atoms with E-state index < -0.39 is 13.1 Å². The Bertz CT molecular complexity index is 271. The van der Waals surface area contributed by atoms with E-state index in [2.05, 4.69) is 4.98 Å². The van der Waals surface area contributed by atoms with Gasteiger partial charge in [0.1, 0.15) is 0 Å². The van der Waals surface area contributed by atoms with E-state index in [9.17, 15) is 4.39 Å². The van der Waals surface area contributed by atoms with Gasteiger partial charge in [-0.05, 0) is 0 Å². The highest BCUT2D eigenvalue weighted by molar-refractivity contribution is 6.62. The number of hydrogen-bond donors (Lipinski definition) is 2. The summed E-state index contributed by atoms with van der Waals surface area (Å²) >= 11 is 5.42. The molecule has 0 atom stereocenters. The number of rotatable bonds is 1. The van der Waals surface area contributed by atoms with Crippen molar-refractivity contribution in [2.24, 2.45) is 0 Å². The van der Waals surface area contributed by atoms with E-state index in [0.717, 1.165) is 12.3 Å². The van der Waals surface area contributed by atoms with Gasteiger partial charge in [-0.15, -0.1) is 0 Å². The van der Waals surface area contributed by atoms with Gasteiger partial charge in [0.25, 0.3) is 0 Å². The first-order chi connectivity index (χ1) is 5.11. The average Bonchev–Trinajstić information content (AvgIpc) is 1.85. The Kier molecular flexibility index (Phi) is 2.43. The molecule has 0 saturated heterocycles. The van der Waals surface area contributed by atoms with Crippen molar-refractivity contribution in [1.82, 2.24) is 4.98 Å². The summed E-state index contributed by atoms with van der Waals surface area (Å²) in [6, 6.07) is 0.913. The van der Waals surface area contributed by atoms with Crippen molar-refractivity contribution >= 4 is 24.2 Å². The van der Waals surface area contributed by atoms with Gasteiger partial charge >= 0.3 is 7.12 Å². The second-order valence-electron chi connectivity index (χ2n) is 1.90. The minimum absolute atomic E-state index is 0.00642. The fourth-order valence-corrected chi connectivity index (χ4v) is 0.844. The number of aromatic nitrogens is 1. The lowest BCUT2D eigenvalue weighted by atomic mass is 9.82. The zero-order chi connectivity index (χ0) is 8.43. The zero-order valence-electron chi connectivity index (χ0n) is 5.33. The molecule has 0 amide bonds. The number of hydrogen-bond acceptors (Lipinski definition) is 3. The van der Waals surface area contributed by atoms with Crippen LogP contribution in [-0.4, -0.2) is 22.2 Å². The topological polar surface area (TPSA) is 53.4 Å². The van der Waals surface area contributed by atoms with Crippen LogP contribution in [0, 0.1) is 5.95 Å². The molecule has 58 valence electrons. The van der Waals surface area contributed by atoms with Crippen molar-refractivity contribution in [3.63, 3.8) is 0 Å². The van der Waals surface area contributed by atoms with Crippen LogP contribution in [0.4, 0.5) is 4.39 Å². The van der Waals surface area contributed by atoms with Crippen LogP contribution in [0.3, 0.4) is 0 Å². The van der Waals surface area contributed by atoms with Crippen LogP contribution in [0.1, 0.15) is 0 Å². The lowest BCUT2D eigenvalue weighted by Crippen LogP contribution is -2.31. The van der Waals surface area contributed by atoms with Crippen LogP contribution in [-0.2, 0) is 0 Å². The molecule has 0 unspecified atom stereocenters. The highest BCUT2D eigenvalue weighted by atomic mass is 35.5. The predicted octanol–water partition coefficient (Wildman–Crippen LogP) is -0.446. The highest BCUT2D eigenvalue weighted by Gasteiger charge is 2.15. The summed E-state index contributed by atoms with van der Waals surface area (Å²) in [6.07, 6.45) is 0.975. The van der Waals surface area contributed by atoms with Gasteiger partial charge in [0.05, 0.1) is 0 Å². The van der Waals surface area contributed by atoms with Crippen LogP contribution in [0.5, 0.6) is 0 Å². The monoisotopic (exact) mass is 175 g/mol. The molecule has 0 spiro atoms. The Hall–Kier alpha value is -0.645. The summed E-state index contributed by atoms with van der Waals surface area (Å²) in [5.74, 6) is -0.751. The molecule has 0 radical (unpaired) electrons. The smallest absolute Gasteiger partial charge is 0.423 e. The van der Waals surface area contributed by atoms with E-state index in [1.165, 1.54) is 0 Å². The predicted molar refractivity (Wildman–Crippen MR) is 39.0 cm³/mol. The molecule has 1 rings (SSSR count).